The van der Waals surface area contributed by atoms with E-state index in [1.165, 1.54) is 4.57 Å². The SMILES string of the molecule is Cc1cc(Br)cn(CCNCC(F)(F)F)c1=O. The predicted molar refractivity (Wildman–Crippen MR) is 62.1 cm³/mol. The van der Waals surface area contributed by atoms with Crippen LogP contribution < -0.4 is 10.9 Å². The third kappa shape index (κ3) is 4.91. The number of nitrogens with zero attached hydrogens (tertiary/aromatic N) is 1. The summed E-state index contributed by atoms with van der Waals surface area (Å²) < 4.78 is 37.7. The summed E-state index contributed by atoms with van der Waals surface area (Å²) in [5.41, 5.74) is 0.359. The number of aryl methyl sites for hydroxylation is 1. The number of alkyl halides is 3. The first kappa shape index (κ1) is 14.2. The van der Waals surface area contributed by atoms with E-state index in [4.69, 9.17) is 0 Å². The van der Waals surface area contributed by atoms with Crippen LogP contribution in [0.5, 0.6) is 0 Å². The summed E-state index contributed by atoms with van der Waals surface area (Å²) in [6, 6.07) is 1.67. The summed E-state index contributed by atoms with van der Waals surface area (Å²) >= 11 is 3.23. The van der Waals surface area contributed by atoms with Crippen LogP contribution in [0.25, 0.3) is 0 Å². The van der Waals surface area contributed by atoms with Gasteiger partial charge in [0.15, 0.2) is 0 Å². The van der Waals surface area contributed by atoms with Crippen molar-refractivity contribution < 1.29 is 13.2 Å². The van der Waals surface area contributed by atoms with E-state index >= 15 is 0 Å². The molecule has 0 aromatic carbocycles. The average molecular weight is 313 g/mol. The Morgan fingerprint density at radius 3 is 2.71 bits per heavy atom. The van der Waals surface area contributed by atoms with Gasteiger partial charge in [-0.15, -0.1) is 0 Å². The number of halogens is 4. The second kappa shape index (κ2) is 5.68. The normalized spacial score (nSPS) is 11.8. The molecule has 0 spiro atoms. The second-order valence-electron chi connectivity index (χ2n) is 3.63. The quantitative estimate of drug-likeness (QED) is 0.864. The minimum Gasteiger partial charge on any atom is -0.313 e. The van der Waals surface area contributed by atoms with Crippen LogP contribution in [0.4, 0.5) is 13.2 Å². The van der Waals surface area contributed by atoms with Crippen molar-refractivity contribution in [3.05, 3.63) is 32.7 Å². The Kier molecular flexibility index (Phi) is 4.76. The monoisotopic (exact) mass is 312 g/mol. The fourth-order valence-electron chi connectivity index (χ4n) is 1.34. The molecule has 1 aromatic rings. The molecule has 0 amide bonds. The van der Waals surface area contributed by atoms with Gasteiger partial charge in [-0.1, -0.05) is 0 Å². The smallest absolute Gasteiger partial charge is 0.313 e. The Balaban J connectivity index is 2.56. The van der Waals surface area contributed by atoms with Crippen LogP contribution >= 0.6 is 15.9 Å². The molecule has 0 aliphatic carbocycles. The molecule has 1 rings (SSSR count). The molecule has 1 heterocycles. The second-order valence-corrected chi connectivity index (χ2v) is 4.55. The zero-order valence-electron chi connectivity index (χ0n) is 9.14. The number of nitrogens with one attached hydrogen (secondary N) is 1. The van der Waals surface area contributed by atoms with Crippen molar-refractivity contribution >= 4 is 15.9 Å². The zero-order chi connectivity index (χ0) is 13.1. The largest absolute Gasteiger partial charge is 0.401 e. The molecule has 0 bridgehead atoms. The van der Waals surface area contributed by atoms with Crippen molar-refractivity contribution in [2.24, 2.45) is 0 Å². The molecule has 0 saturated carbocycles. The lowest BCUT2D eigenvalue weighted by Crippen LogP contribution is -2.33. The summed E-state index contributed by atoms with van der Waals surface area (Å²) in [5, 5.41) is 2.24. The van der Waals surface area contributed by atoms with Gasteiger partial charge in [-0.25, -0.2) is 0 Å². The molecule has 17 heavy (non-hydrogen) atoms. The van der Waals surface area contributed by atoms with Crippen LogP contribution in [-0.2, 0) is 6.54 Å². The lowest BCUT2D eigenvalue weighted by molar-refractivity contribution is -0.124. The minimum atomic E-state index is -4.22. The first-order valence-electron chi connectivity index (χ1n) is 4.93. The number of aromatic nitrogens is 1. The van der Waals surface area contributed by atoms with Gasteiger partial charge in [0.25, 0.3) is 5.56 Å². The van der Waals surface area contributed by atoms with E-state index in [-0.39, 0.29) is 18.6 Å². The van der Waals surface area contributed by atoms with Crippen molar-refractivity contribution in [3.63, 3.8) is 0 Å². The Morgan fingerprint density at radius 1 is 1.47 bits per heavy atom. The highest BCUT2D eigenvalue weighted by atomic mass is 79.9. The summed E-state index contributed by atoms with van der Waals surface area (Å²) in [7, 11) is 0. The molecule has 0 aliphatic heterocycles. The van der Waals surface area contributed by atoms with Gasteiger partial charge < -0.3 is 9.88 Å². The Hall–Kier alpha value is -0.820. The summed E-state index contributed by atoms with van der Waals surface area (Å²) in [6.07, 6.45) is -2.66. The van der Waals surface area contributed by atoms with Gasteiger partial charge in [0, 0.05) is 29.3 Å². The Morgan fingerprint density at radius 2 is 2.12 bits per heavy atom. The minimum absolute atomic E-state index is 0.0926. The Labute approximate surface area is 105 Å². The lowest BCUT2D eigenvalue weighted by Gasteiger charge is -2.10. The summed E-state index contributed by atoms with van der Waals surface area (Å²) in [5.74, 6) is 0. The van der Waals surface area contributed by atoms with Crippen molar-refractivity contribution in [2.45, 2.75) is 19.6 Å². The molecule has 0 aliphatic rings. The number of pyridine rings is 1. The van der Waals surface area contributed by atoms with E-state index < -0.39 is 12.7 Å². The van der Waals surface area contributed by atoms with Gasteiger partial charge in [-0.2, -0.15) is 13.2 Å². The fourth-order valence-corrected chi connectivity index (χ4v) is 1.93. The maximum absolute atomic E-state index is 11.9. The molecule has 1 N–H and O–H groups in total. The van der Waals surface area contributed by atoms with Crippen molar-refractivity contribution in [1.29, 1.82) is 0 Å². The van der Waals surface area contributed by atoms with E-state index in [1.54, 1.807) is 19.2 Å². The van der Waals surface area contributed by atoms with E-state index in [9.17, 15) is 18.0 Å². The molecule has 3 nitrogen and oxygen atoms in total. The van der Waals surface area contributed by atoms with Gasteiger partial charge in [0.1, 0.15) is 0 Å². The first-order chi connectivity index (χ1) is 7.79. The third-order valence-corrected chi connectivity index (χ3v) is 2.52. The average Bonchev–Trinajstić information content (AvgIpc) is 2.18. The molecule has 0 fully saturated rings. The molecule has 0 radical (unpaired) electrons. The van der Waals surface area contributed by atoms with Gasteiger partial charge in [-0.05, 0) is 28.9 Å². The maximum Gasteiger partial charge on any atom is 0.401 e. The molecule has 0 saturated heterocycles. The van der Waals surface area contributed by atoms with E-state index in [0.29, 0.717) is 5.56 Å². The summed E-state index contributed by atoms with van der Waals surface area (Å²) in [4.78, 5) is 11.6. The predicted octanol–water partition coefficient (Wildman–Crippen LogP) is 2.07. The van der Waals surface area contributed by atoms with Gasteiger partial charge in [0.05, 0.1) is 6.54 Å². The number of hydrogen-bond acceptors (Lipinski definition) is 2. The van der Waals surface area contributed by atoms with Gasteiger partial charge in [-0.3, -0.25) is 4.79 Å². The van der Waals surface area contributed by atoms with Gasteiger partial charge >= 0.3 is 6.18 Å². The van der Waals surface area contributed by atoms with E-state index in [1.807, 2.05) is 0 Å². The number of hydrogen-bond donors (Lipinski definition) is 1. The molecule has 1 aromatic heterocycles. The fraction of sp³-hybridized carbons (Fsp3) is 0.500. The lowest BCUT2D eigenvalue weighted by atomic mass is 10.3. The van der Waals surface area contributed by atoms with Crippen molar-refractivity contribution in [2.75, 3.05) is 13.1 Å². The van der Waals surface area contributed by atoms with Crippen LogP contribution in [-0.4, -0.2) is 23.8 Å². The van der Waals surface area contributed by atoms with Crippen molar-refractivity contribution in [1.82, 2.24) is 9.88 Å². The van der Waals surface area contributed by atoms with Crippen LogP contribution in [0.2, 0.25) is 0 Å². The van der Waals surface area contributed by atoms with E-state index in [2.05, 4.69) is 21.2 Å². The van der Waals surface area contributed by atoms with E-state index in [0.717, 1.165) is 4.47 Å². The van der Waals surface area contributed by atoms with Crippen LogP contribution in [0.15, 0.2) is 21.5 Å². The highest BCUT2D eigenvalue weighted by molar-refractivity contribution is 9.10. The highest BCUT2D eigenvalue weighted by Gasteiger charge is 2.25. The zero-order valence-corrected chi connectivity index (χ0v) is 10.7. The molecule has 0 unspecified atom stereocenters. The summed E-state index contributed by atoms with van der Waals surface area (Å²) in [6.45, 7) is 0.909. The first-order valence-corrected chi connectivity index (χ1v) is 5.73. The molecule has 0 atom stereocenters. The maximum atomic E-state index is 11.9. The number of rotatable bonds is 4. The van der Waals surface area contributed by atoms with Crippen LogP contribution in [0, 0.1) is 6.92 Å². The molecular weight excluding hydrogens is 301 g/mol. The highest BCUT2D eigenvalue weighted by Crippen LogP contribution is 2.12. The van der Waals surface area contributed by atoms with Crippen LogP contribution in [0.1, 0.15) is 5.56 Å². The topological polar surface area (TPSA) is 34.0 Å². The van der Waals surface area contributed by atoms with Crippen LogP contribution in [0.3, 0.4) is 0 Å². The van der Waals surface area contributed by atoms with Crippen molar-refractivity contribution in [3.8, 4) is 0 Å². The third-order valence-electron chi connectivity index (χ3n) is 2.09. The molecular formula is C10H12BrF3N2O. The standard InChI is InChI=1S/C10H12BrF3N2O/c1-7-4-8(11)5-16(9(7)17)3-2-15-6-10(12,13)14/h4-5,15H,2-3,6H2,1H3. The molecule has 96 valence electrons. The Bertz CT molecular complexity index is 442. The van der Waals surface area contributed by atoms with Gasteiger partial charge in [0.2, 0.25) is 0 Å². The molecule has 7 heteroatoms.